The van der Waals surface area contributed by atoms with Crippen molar-refractivity contribution in [1.29, 1.82) is 0 Å². The van der Waals surface area contributed by atoms with E-state index in [0.29, 0.717) is 23.9 Å². The van der Waals surface area contributed by atoms with Crippen LogP contribution in [0.25, 0.3) is 0 Å². The Morgan fingerprint density at radius 3 is 2.67 bits per heavy atom. The third-order valence-electron chi connectivity index (χ3n) is 3.95. The molecule has 1 aliphatic heterocycles. The minimum Gasteiger partial charge on any atom is -0.330 e. The SMILES string of the molecule is CN1CCCC(CNS(=O)(=O)c2ccc(CCN)cc2)C1. The van der Waals surface area contributed by atoms with E-state index in [4.69, 9.17) is 5.73 Å². The average Bonchev–Trinajstić information content (AvgIpc) is 2.46. The van der Waals surface area contributed by atoms with Crippen LogP contribution in [0.1, 0.15) is 18.4 Å². The van der Waals surface area contributed by atoms with Crippen molar-refractivity contribution in [2.24, 2.45) is 11.7 Å². The summed E-state index contributed by atoms with van der Waals surface area (Å²) in [5, 5.41) is 0. The molecule has 2 rings (SSSR count). The number of nitrogens with two attached hydrogens (primary N) is 1. The van der Waals surface area contributed by atoms with Crippen molar-refractivity contribution in [1.82, 2.24) is 9.62 Å². The molecule has 1 heterocycles. The Hall–Kier alpha value is -0.950. The number of hydrogen-bond acceptors (Lipinski definition) is 4. The molecule has 0 aliphatic carbocycles. The molecule has 3 N–H and O–H groups in total. The van der Waals surface area contributed by atoms with Gasteiger partial charge in [0.05, 0.1) is 4.90 Å². The van der Waals surface area contributed by atoms with Crippen LogP contribution in [-0.4, -0.2) is 46.5 Å². The molecular formula is C15H25N3O2S. The fraction of sp³-hybridized carbons (Fsp3) is 0.600. The van der Waals surface area contributed by atoms with Crippen LogP contribution >= 0.6 is 0 Å². The molecule has 118 valence electrons. The molecular weight excluding hydrogens is 286 g/mol. The summed E-state index contributed by atoms with van der Waals surface area (Å²) in [6.45, 7) is 3.14. The van der Waals surface area contributed by atoms with Crippen LogP contribution in [-0.2, 0) is 16.4 Å². The van der Waals surface area contributed by atoms with Crippen molar-refractivity contribution >= 4 is 10.0 Å². The molecule has 1 atom stereocenters. The van der Waals surface area contributed by atoms with E-state index in [1.54, 1.807) is 12.1 Å². The predicted molar refractivity (Wildman–Crippen MR) is 84.6 cm³/mol. The Morgan fingerprint density at radius 2 is 2.05 bits per heavy atom. The molecule has 0 bridgehead atoms. The predicted octanol–water partition coefficient (Wildman–Crippen LogP) is 0.808. The number of benzene rings is 1. The van der Waals surface area contributed by atoms with Gasteiger partial charge < -0.3 is 10.6 Å². The first kappa shape index (κ1) is 16.4. The van der Waals surface area contributed by atoms with Crippen LogP contribution in [0.4, 0.5) is 0 Å². The molecule has 1 unspecified atom stereocenters. The number of nitrogens with zero attached hydrogens (tertiary/aromatic N) is 1. The molecule has 1 aromatic rings. The molecule has 21 heavy (non-hydrogen) atoms. The van der Waals surface area contributed by atoms with Gasteiger partial charge in [0.2, 0.25) is 10.0 Å². The number of hydrogen-bond donors (Lipinski definition) is 2. The van der Waals surface area contributed by atoms with Crippen LogP contribution in [0, 0.1) is 5.92 Å². The van der Waals surface area contributed by atoms with Gasteiger partial charge in [0, 0.05) is 13.1 Å². The van der Waals surface area contributed by atoms with E-state index in [1.807, 2.05) is 12.1 Å². The van der Waals surface area contributed by atoms with Crippen molar-refractivity contribution < 1.29 is 8.42 Å². The molecule has 6 heteroatoms. The summed E-state index contributed by atoms with van der Waals surface area (Å²) in [6, 6.07) is 6.96. The van der Waals surface area contributed by atoms with Crippen molar-refractivity contribution in [2.45, 2.75) is 24.2 Å². The highest BCUT2D eigenvalue weighted by Crippen LogP contribution is 2.16. The lowest BCUT2D eigenvalue weighted by atomic mass is 9.99. The number of rotatable bonds is 6. The standard InChI is InChI=1S/C15H25N3O2S/c1-18-10-2-3-14(12-18)11-17-21(19,20)15-6-4-13(5-7-15)8-9-16/h4-7,14,17H,2-3,8-12,16H2,1H3. The van der Waals surface area contributed by atoms with Crippen molar-refractivity contribution in [3.63, 3.8) is 0 Å². The molecule has 0 aromatic heterocycles. The maximum Gasteiger partial charge on any atom is 0.240 e. The van der Waals surface area contributed by atoms with E-state index in [0.717, 1.165) is 37.9 Å². The van der Waals surface area contributed by atoms with Gasteiger partial charge in [-0.05, 0) is 63.0 Å². The van der Waals surface area contributed by atoms with E-state index < -0.39 is 10.0 Å². The first-order chi connectivity index (χ1) is 10.0. The van der Waals surface area contributed by atoms with E-state index in [1.165, 1.54) is 0 Å². The number of likely N-dealkylation sites (tertiary alicyclic amines) is 1. The lowest BCUT2D eigenvalue weighted by Crippen LogP contribution is -2.39. The Kier molecular flexibility index (Phi) is 5.75. The normalized spacial score (nSPS) is 20.6. The van der Waals surface area contributed by atoms with Gasteiger partial charge in [-0.3, -0.25) is 0 Å². The molecule has 1 aromatic carbocycles. The summed E-state index contributed by atoms with van der Waals surface area (Å²) in [6.07, 6.45) is 2.99. The summed E-state index contributed by atoms with van der Waals surface area (Å²) in [5.41, 5.74) is 6.55. The molecule has 1 fully saturated rings. The first-order valence-electron chi connectivity index (χ1n) is 7.48. The smallest absolute Gasteiger partial charge is 0.240 e. The molecule has 0 spiro atoms. The summed E-state index contributed by atoms with van der Waals surface area (Å²) in [4.78, 5) is 2.58. The van der Waals surface area contributed by atoms with Crippen LogP contribution in [0.3, 0.4) is 0 Å². The van der Waals surface area contributed by atoms with Crippen LogP contribution < -0.4 is 10.5 Å². The maximum absolute atomic E-state index is 12.3. The fourth-order valence-corrected chi connectivity index (χ4v) is 3.87. The summed E-state index contributed by atoms with van der Waals surface area (Å²) >= 11 is 0. The Labute approximate surface area is 127 Å². The summed E-state index contributed by atoms with van der Waals surface area (Å²) in [7, 11) is -1.33. The topological polar surface area (TPSA) is 75.4 Å². The number of piperidine rings is 1. The highest BCUT2D eigenvalue weighted by Gasteiger charge is 2.20. The van der Waals surface area contributed by atoms with Gasteiger partial charge in [-0.25, -0.2) is 13.1 Å². The minimum absolute atomic E-state index is 0.326. The van der Waals surface area contributed by atoms with Gasteiger partial charge >= 0.3 is 0 Å². The van der Waals surface area contributed by atoms with Crippen LogP contribution in [0.2, 0.25) is 0 Å². The lowest BCUT2D eigenvalue weighted by Gasteiger charge is -2.29. The van der Waals surface area contributed by atoms with Gasteiger partial charge in [0.25, 0.3) is 0 Å². The quantitative estimate of drug-likeness (QED) is 0.815. The maximum atomic E-state index is 12.3. The second-order valence-corrected chi connectivity index (χ2v) is 7.57. The van der Waals surface area contributed by atoms with Crippen LogP contribution in [0.5, 0.6) is 0 Å². The fourth-order valence-electron chi connectivity index (χ4n) is 2.75. The zero-order valence-electron chi connectivity index (χ0n) is 12.6. The van der Waals surface area contributed by atoms with Gasteiger partial charge in [-0.2, -0.15) is 0 Å². The molecule has 5 nitrogen and oxygen atoms in total. The van der Waals surface area contributed by atoms with Gasteiger partial charge in [0.15, 0.2) is 0 Å². The molecule has 0 saturated carbocycles. The van der Waals surface area contributed by atoms with E-state index in [-0.39, 0.29) is 0 Å². The highest BCUT2D eigenvalue weighted by molar-refractivity contribution is 7.89. The van der Waals surface area contributed by atoms with E-state index in [2.05, 4.69) is 16.7 Å². The molecule has 0 amide bonds. The highest BCUT2D eigenvalue weighted by atomic mass is 32.2. The molecule has 1 aliphatic rings. The Bertz CT molecular complexity index is 543. The third-order valence-corrected chi connectivity index (χ3v) is 5.39. The first-order valence-corrected chi connectivity index (χ1v) is 8.97. The van der Waals surface area contributed by atoms with Gasteiger partial charge in [-0.1, -0.05) is 12.1 Å². The number of nitrogens with one attached hydrogen (secondary N) is 1. The van der Waals surface area contributed by atoms with Crippen LogP contribution in [0.15, 0.2) is 29.2 Å². The second kappa shape index (κ2) is 7.35. The van der Waals surface area contributed by atoms with Gasteiger partial charge in [0.1, 0.15) is 0 Å². The zero-order valence-corrected chi connectivity index (χ0v) is 13.4. The lowest BCUT2D eigenvalue weighted by molar-refractivity contribution is 0.211. The Morgan fingerprint density at radius 1 is 1.33 bits per heavy atom. The summed E-state index contributed by atoms with van der Waals surface area (Å²) in [5.74, 6) is 0.398. The van der Waals surface area contributed by atoms with Gasteiger partial charge in [-0.15, -0.1) is 0 Å². The Balaban J connectivity index is 1.94. The number of sulfonamides is 1. The second-order valence-electron chi connectivity index (χ2n) is 5.81. The monoisotopic (exact) mass is 311 g/mol. The van der Waals surface area contributed by atoms with Crippen molar-refractivity contribution in [3.8, 4) is 0 Å². The van der Waals surface area contributed by atoms with E-state index in [9.17, 15) is 8.42 Å². The minimum atomic E-state index is -3.41. The largest absolute Gasteiger partial charge is 0.330 e. The zero-order chi connectivity index (χ0) is 15.3. The third kappa shape index (κ3) is 4.78. The summed E-state index contributed by atoms with van der Waals surface area (Å²) < 4.78 is 27.3. The van der Waals surface area contributed by atoms with Crippen molar-refractivity contribution in [3.05, 3.63) is 29.8 Å². The van der Waals surface area contributed by atoms with E-state index >= 15 is 0 Å². The molecule has 0 radical (unpaired) electrons. The van der Waals surface area contributed by atoms with Crippen molar-refractivity contribution in [2.75, 3.05) is 33.2 Å². The average molecular weight is 311 g/mol. The molecule has 1 saturated heterocycles.